The van der Waals surface area contributed by atoms with Crippen LogP contribution in [0, 0.1) is 5.92 Å². The Morgan fingerprint density at radius 3 is 2.11 bits per heavy atom. The molecule has 37 heavy (non-hydrogen) atoms. The first-order valence-corrected chi connectivity index (χ1v) is 12.7. The Morgan fingerprint density at radius 2 is 1.57 bits per heavy atom. The number of rotatable bonds is 5. The summed E-state index contributed by atoms with van der Waals surface area (Å²) in [5.41, 5.74) is 10.6. The predicted octanol–water partition coefficient (Wildman–Crippen LogP) is -2.22. The van der Waals surface area contributed by atoms with Gasteiger partial charge in [-0.3, -0.25) is 14.8 Å². The molecule has 0 aliphatic carbocycles. The van der Waals surface area contributed by atoms with Crippen LogP contribution >= 0.6 is 0 Å². The molecule has 3 saturated heterocycles. The van der Waals surface area contributed by atoms with Gasteiger partial charge in [-0.05, 0) is 19.3 Å². The third kappa shape index (κ3) is 5.80. The van der Waals surface area contributed by atoms with Crippen molar-refractivity contribution in [3.63, 3.8) is 0 Å². The zero-order valence-corrected chi connectivity index (χ0v) is 20.9. The minimum atomic E-state index is -1.22. The number of hydrogen-bond acceptors (Lipinski definition) is 8. The molecule has 4 aliphatic heterocycles. The molecule has 4 aliphatic rings. The third-order valence-corrected chi connectivity index (χ3v) is 7.19. The summed E-state index contributed by atoms with van der Waals surface area (Å²) >= 11 is 0. The Kier molecular flexibility index (Phi) is 8.18. The van der Waals surface area contributed by atoms with E-state index in [0.717, 1.165) is 30.4 Å². The van der Waals surface area contributed by atoms with E-state index in [1.54, 1.807) is 4.90 Å². The second-order valence-corrected chi connectivity index (χ2v) is 9.55. The first kappa shape index (κ1) is 26.3. The van der Waals surface area contributed by atoms with Gasteiger partial charge in [-0.25, -0.2) is 19.3 Å². The largest absolute Gasteiger partial charge is 0.480 e. The van der Waals surface area contributed by atoms with E-state index in [-0.39, 0.29) is 38.0 Å². The SMILES string of the molecule is NC(N)=NCCC[C@H]1C(=O)N(C(=O)N2CCN(C(=O)N3CCN(C4=NCCCN4)CC3)CC2)C1C(=O)O. The molecule has 1 unspecified atom stereocenters. The highest BCUT2D eigenvalue weighted by molar-refractivity contribution is 6.07. The fraction of sp³-hybridized carbons (Fsp3) is 0.727. The molecule has 0 aromatic heterocycles. The van der Waals surface area contributed by atoms with Gasteiger partial charge in [-0.1, -0.05) is 0 Å². The summed E-state index contributed by atoms with van der Waals surface area (Å²) in [6, 6.07) is -1.91. The number of hydrogen-bond donors (Lipinski definition) is 4. The molecule has 0 saturated carbocycles. The summed E-state index contributed by atoms with van der Waals surface area (Å²) in [4.78, 5) is 66.8. The Balaban J connectivity index is 1.24. The van der Waals surface area contributed by atoms with Gasteiger partial charge in [0.25, 0.3) is 0 Å². The van der Waals surface area contributed by atoms with Crippen molar-refractivity contribution in [1.29, 1.82) is 0 Å². The standard InChI is InChI=1S/C22H36N10O5/c23-19(24)25-4-1-3-15-16(18(34)35)32(17(15)33)22(37)31-13-11-30(12-14-31)21(36)29-9-7-28(8-10-29)20-26-5-2-6-27-20/h15-16H,1-14H2,(H,26,27)(H,34,35)(H4,23,24,25)/t15-,16?/m1/s1. The first-order valence-electron chi connectivity index (χ1n) is 12.7. The van der Waals surface area contributed by atoms with Gasteiger partial charge in [0.1, 0.15) is 0 Å². The average molecular weight is 521 g/mol. The smallest absolute Gasteiger partial charge is 0.327 e. The maximum Gasteiger partial charge on any atom is 0.327 e. The Labute approximate surface area is 215 Å². The summed E-state index contributed by atoms with van der Waals surface area (Å²) in [7, 11) is 0. The van der Waals surface area contributed by atoms with E-state index >= 15 is 0 Å². The van der Waals surface area contributed by atoms with Crippen molar-refractivity contribution in [3.05, 3.63) is 0 Å². The fourth-order valence-electron chi connectivity index (χ4n) is 5.13. The molecule has 0 spiro atoms. The van der Waals surface area contributed by atoms with Crippen molar-refractivity contribution in [3.8, 4) is 0 Å². The topological polar surface area (TPSA) is 194 Å². The molecule has 5 amide bonds. The van der Waals surface area contributed by atoms with E-state index in [2.05, 4.69) is 20.2 Å². The van der Waals surface area contributed by atoms with Gasteiger partial charge in [0.15, 0.2) is 18.0 Å². The minimum absolute atomic E-state index is 0.0712. The van der Waals surface area contributed by atoms with Gasteiger partial charge in [-0.2, -0.15) is 0 Å². The molecular formula is C22H36N10O5. The number of piperazine rings is 2. The molecule has 15 heteroatoms. The quantitative estimate of drug-likeness (QED) is 0.134. The van der Waals surface area contributed by atoms with Gasteiger partial charge in [0, 0.05) is 72.0 Å². The summed E-state index contributed by atoms with van der Waals surface area (Å²) in [5.74, 6) is -1.68. The van der Waals surface area contributed by atoms with Crippen molar-refractivity contribution in [1.82, 2.24) is 29.8 Å². The van der Waals surface area contributed by atoms with Gasteiger partial charge >= 0.3 is 18.0 Å². The second-order valence-electron chi connectivity index (χ2n) is 9.55. The van der Waals surface area contributed by atoms with Crippen molar-refractivity contribution < 1.29 is 24.3 Å². The lowest BCUT2D eigenvalue weighted by atomic mass is 9.84. The van der Waals surface area contributed by atoms with Crippen LogP contribution in [0.3, 0.4) is 0 Å². The average Bonchev–Trinajstić information content (AvgIpc) is 2.91. The lowest BCUT2D eigenvalue weighted by molar-refractivity contribution is -0.167. The molecule has 0 bridgehead atoms. The summed E-state index contributed by atoms with van der Waals surface area (Å²) in [6.45, 7) is 5.71. The highest BCUT2D eigenvalue weighted by Gasteiger charge is 2.55. The number of aliphatic imine (C=N–C) groups is 2. The molecule has 6 N–H and O–H groups in total. The van der Waals surface area contributed by atoms with Crippen LogP contribution in [-0.4, -0.2) is 143 Å². The number of β-lactam (4-membered cyclic amide) rings is 1. The molecule has 4 rings (SSSR count). The maximum absolute atomic E-state index is 13.0. The van der Waals surface area contributed by atoms with Crippen LogP contribution in [0.25, 0.3) is 0 Å². The number of nitrogens with two attached hydrogens (primary N) is 2. The van der Waals surface area contributed by atoms with Crippen molar-refractivity contribution in [2.24, 2.45) is 27.4 Å². The number of urea groups is 2. The molecule has 4 heterocycles. The van der Waals surface area contributed by atoms with Crippen LogP contribution in [-0.2, 0) is 9.59 Å². The number of carboxylic acid groups (broad SMARTS) is 1. The van der Waals surface area contributed by atoms with E-state index in [4.69, 9.17) is 11.5 Å². The second kappa shape index (κ2) is 11.5. The van der Waals surface area contributed by atoms with Crippen molar-refractivity contribution in [2.75, 3.05) is 72.0 Å². The normalized spacial score (nSPS) is 24.2. The molecule has 0 radical (unpaired) electrons. The van der Waals surface area contributed by atoms with E-state index < -0.39 is 29.9 Å². The molecular weight excluding hydrogens is 484 g/mol. The fourth-order valence-corrected chi connectivity index (χ4v) is 5.13. The molecule has 3 fully saturated rings. The van der Waals surface area contributed by atoms with E-state index in [1.165, 1.54) is 4.90 Å². The van der Waals surface area contributed by atoms with Crippen LogP contribution in [0.4, 0.5) is 9.59 Å². The molecule has 0 aromatic carbocycles. The third-order valence-electron chi connectivity index (χ3n) is 7.19. The van der Waals surface area contributed by atoms with Gasteiger partial charge in [0.2, 0.25) is 5.91 Å². The molecule has 15 nitrogen and oxygen atoms in total. The summed E-state index contributed by atoms with van der Waals surface area (Å²) < 4.78 is 0. The van der Waals surface area contributed by atoms with Crippen molar-refractivity contribution >= 4 is 35.9 Å². The van der Waals surface area contributed by atoms with E-state index in [1.807, 2.05) is 4.90 Å². The van der Waals surface area contributed by atoms with Gasteiger partial charge in [0.05, 0.1) is 5.92 Å². The zero-order valence-electron chi connectivity index (χ0n) is 20.9. The molecule has 0 aromatic rings. The lowest BCUT2D eigenvalue weighted by Crippen LogP contribution is -2.69. The number of imide groups is 1. The first-order chi connectivity index (χ1) is 17.8. The summed E-state index contributed by atoms with van der Waals surface area (Å²) in [5, 5.41) is 12.9. The Bertz CT molecular complexity index is 951. The van der Waals surface area contributed by atoms with Crippen LogP contribution in [0.2, 0.25) is 0 Å². The zero-order chi connectivity index (χ0) is 26.5. The van der Waals surface area contributed by atoms with Crippen LogP contribution < -0.4 is 16.8 Å². The number of guanidine groups is 2. The number of carbonyl (C=O) groups is 4. The molecule has 2 atom stereocenters. The number of likely N-dealkylation sites (tertiary alicyclic amines) is 1. The van der Waals surface area contributed by atoms with Gasteiger partial charge in [-0.15, -0.1) is 0 Å². The number of carbonyl (C=O) groups excluding carboxylic acids is 3. The summed E-state index contributed by atoms with van der Waals surface area (Å²) in [6.07, 6.45) is 1.73. The number of carboxylic acids is 1. The number of nitrogens with zero attached hydrogens (tertiary/aromatic N) is 7. The van der Waals surface area contributed by atoms with Crippen LogP contribution in [0.5, 0.6) is 0 Å². The van der Waals surface area contributed by atoms with E-state index in [0.29, 0.717) is 45.7 Å². The highest BCUT2D eigenvalue weighted by atomic mass is 16.4. The number of aliphatic carboxylic acids is 1. The monoisotopic (exact) mass is 520 g/mol. The highest BCUT2D eigenvalue weighted by Crippen LogP contribution is 2.32. The Hall–Kier alpha value is -3.78. The van der Waals surface area contributed by atoms with Crippen molar-refractivity contribution in [2.45, 2.75) is 25.3 Å². The van der Waals surface area contributed by atoms with Crippen LogP contribution in [0.1, 0.15) is 19.3 Å². The number of nitrogens with one attached hydrogen (secondary N) is 1. The predicted molar refractivity (Wildman–Crippen MR) is 134 cm³/mol. The lowest BCUT2D eigenvalue weighted by Gasteiger charge is -2.46. The van der Waals surface area contributed by atoms with E-state index in [9.17, 15) is 24.3 Å². The molecule has 204 valence electrons. The number of amides is 5. The Morgan fingerprint density at radius 1 is 0.973 bits per heavy atom. The van der Waals surface area contributed by atoms with Gasteiger partial charge < -0.3 is 41.5 Å². The minimum Gasteiger partial charge on any atom is -0.480 e. The maximum atomic E-state index is 13.0. The van der Waals surface area contributed by atoms with Crippen LogP contribution in [0.15, 0.2) is 9.98 Å².